The topological polar surface area (TPSA) is 17.1 Å². The lowest BCUT2D eigenvalue weighted by Crippen LogP contribution is -2.31. The van der Waals surface area contributed by atoms with E-state index in [0.717, 1.165) is 17.4 Å². The molecule has 2 rings (SSSR count). The van der Waals surface area contributed by atoms with Gasteiger partial charge in [-0.3, -0.25) is 0 Å². The van der Waals surface area contributed by atoms with Crippen molar-refractivity contribution in [3.63, 3.8) is 0 Å². The number of allylic oxidation sites excluding steroid dienone is 1. The molecular formula is C18H18O. The van der Waals surface area contributed by atoms with Crippen LogP contribution in [0.25, 0.3) is 0 Å². The first-order valence-corrected chi connectivity index (χ1v) is 6.41. The lowest BCUT2D eigenvalue weighted by molar-refractivity contribution is -0.112. The van der Waals surface area contributed by atoms with Gasteiger partial charge in [-0.05, 0) is 18.1 Å². The number of aldehydes is 1. The van der Waals surface area contributed by atoms with Crippen molar-refractivity contribution in [1.82, 2.24) is 0 Å². The molecule has 0 radical (unpaired) electrons. The summed E-state index contributed by atoms with van der Waals surface area (Å²) >= 11 is 0. The molecule has 0 aromatic heterocycles. The Balaban J connectivity index is 2.51. The Morgan fingerprint density at radius 1 is 1.00 bits per heavy atom. The summed E-state index contributed by atoms with van der Waals surface area (Å²) in [5.41, 5.74) is 1.53. The predicted octanol–water partition coefficient (Wildman–Crippen LogP) is 4.11. The van der Waals surface area contributed by atoms with Crippen LogP contribution >= 0.6 is 0 Å². The van der Waals surface area contributed by atoms with Crippen molar-refractivity contribution >= 4 is 6.29 Å². The highest BCUT2D eigenvalue weighted by Gasteiger charge is 2.34. The summed E-state index contributed by atoms with van der Waals surface area (Å²) in [7, 11) is 0. The van der Waals surface area contributed by atoms with Crippen molar-refractivity contribution in [2.45, 2.75) is 18.3 Å². The van der Waals surface area contributed by atoms with Crippen molar-refractivity contribution in [3.8, 4) is 0 Å². The molecule has 0 spiro atoms. The van der Waals surface area contributed by atoms with Crippen molar-refractivity contribution in [1.29, 1.82) is 0 Å². The number of rotatable bonds is 5. The second-order valence-electron chi connectivity index (χ2n) is 4.89. The third-order valence-electron chi connectivity index (χ3n) is 3.68. The minimum atomic E-state index is -0.593. The Bertz CT molecular complexity index is 544. The molecule has 0 N–H and O–H groups in total. The predicted molar refractivity (Wildman–Crippen MR) is 79.2 cm³/mol. The highest BCUT2D eigenvalue weighted by molar-refractivity contribution is 5.71. The molecule has 96 valence electrons. The second-order valence-corrected chi connectivity index (χ2v) is 4.89. The maximum absolute atomic E-state index is 11.8. The Hall–Kier alpha value is -2.15. The van der Waals surface area contributed by atoms with Gasteiger partial charge in [0, 0.05) is 5.92 Å². The van der Waals surface area contributed by atoms with Crippen molar-refractivity contribution in [3.05, 3.63) is 84.4 Å². The fourth-order valence-corrected chi connectivity index (χ4v) is 2.51. The summed E-state index contributed by atoms with van der Waals surface area (Å²) in [4.78, 5) is 11.8. The summed E-state index contributed by atoms with van der Waals surface area (Å²) in [5.74, 6) is -0.0337. The molecule has 0 fully saturated rings. The van der Waals surface area contributed by atoms with Crippen LogP contribution in [-0.2, 0) is 10.2 Å². The van der Waals surface area contributed by atoms with Crippen LogP contribution in [0.3, 0.4) is 0 Å². The fraction of sp³-hybridized carbons (Fsp3) is 0.167. The Morgan fingerprint density at radius 3 is 2.00 bits per heavy atom. The number of hydrogen-bond donors (Lipinski definition) is 0. The summed E-state index contributed by atoms with van der Waals surface area (Å²) in [5, 5.41) is 0. The minimum Gasteiger partial charge on any atom is -0.302 e. The van der Waals surface area contributed by atoms with Gasteiger partial charge in [0.15, 0.2) is 0 Å². The van der Waals surface area contributed by atoms with Gasteiger partial charge < -0.3 is 4.79 Å². The summed E-state index contributed by atoms with van der Waals surface area (Å²) in [6, 6.07) is 19.9. The third-order valence-corrected chi connectivity index (χ3v) is 3.68. The number of carbonyl (C=O) groups is 1. The highest BCUT2D eigenvalue weighted by atomic mass is 16.1. The Labute approximate surface area is 114 Å². The summed E-state index contributed by atoms with van der Waals surface area (Å²) < 4.78 is 0. The molecule has 0 unspecified atom stereocenters. The number of hydrogen-bond acceptors (Lipinski definition) is 1. The van der Waals surface area contributed by atoms with Crippen LogP contribution in [0.1, 0.15) is 24.0 Å². The maximum atomic E-state index is 11.8. The first kappa shape index (κ1) is 13.3. The van der Waals surface area contributed by atoms with Crippen molar-refractivity contribution < 1.29 is 4.79 Å². The molecule has 0 heterocycles. The number of carbonyl (C=O) groups excluding carboxylic acids is 1. The Kier molecular flexibility index (Phi) is 3.96. The van der Waals surface area contributed by atoms with E-state index in [1.54, 1.807) is 0 Å². The van der Waals surface area contributed by atoms with E-state index in [-0.39, 0.29) is 5.92 Å². The van der Waals surface area contributed by atoms with Gasteiger partial charge >= 0.3 is 0 Å². The average Bonchev–Trinajstić information content (AvgIpc) is 2.49. The SMILES string of the molecule is C=C[C@H](c1ccccc1)[C@](C)(C=O)c1ccccc1. The first-order valence-electron chi connectivity index (χ1n) is 6.41. The molecule has 1 heteroatoms. The van der Waals surface area contributed by atoms with Crippen LogP contribution in [-0.4, -0.2) is 6.29 Å². The molecule has 0 aliphatic rings. The zero-order valence-electron chi connectivity index (χ0n) is 11.1. The highest BCUT2D eigenvalue weighted by Crippen LogP contribution is 2.38. The molecule has 1 nitrogen and oxygen atoms in total. The standard InChI is InChI=1S/C18H18O/c1-3-17(15-10-6-4-7-11-15)18(2,14-19)16-12-8-5-9-13-16/h3-14,17H,1H2,2H3/t17-,18-/m1/s1. The van der Waals surface area contributed by atoms with Gasteiger partial charge in [0.25, 0.3) is 0 Å². The van der Waals surface area contributed by atoms with Gasteiger partial charge in [-0.2, -0.15) is 0 Å². The Morgan fingerprint density at radius 2 is 1.53 bits per heavy atom. The van der Waals surface area contributed by atoms with E-state index in [4.69, 9.17) is 0 Å². The fourth-order valence-electron chi connectivity index (χ4n) is 2.51. The summed E-state index contributed by atoms with van der Waals surface area (Å²) in [6.07, 6.45) is 2.89. The third kappa shape index (κ3) is 2.50. The largest absolute Gasteiger partial charge is 0.302 e. The molecule has 2 aromatic rings. The van der Waals surface area contributed by atoms with Crippen LogP contribution in [0.4, 0.5) is 0 Å². The zero-order chi connectivity index (χ0) is 13.7. The summed E-state index contributed by atoms with van der Waals surface area (Å²) in [6.45, 7) is 5.89. The average molecular weight is 250 g/mol. The molecule has 0 saturated carbocycles. The van der Waals surface area contributed by atoms with E-state index in [1.165, 1.54) is 0 Å². The van der Waals surface area contributed by atoms with Crippen LogP contribution < -0.4 is 0 Å². The van der Waals surface area contributed by atoms with E-state index in [9.17, 15) is 4.79 Å². The molecule has 2 atom stereocenters. The quantitative estimate of drug-likeness (QED) is 0.576. The lowest BCUT2D eigenvalue weighted by atomic mass is 9.70. The van der Waals surface area contributed by atoms with Gasteiger partial charge in [0.05, 0.1) is 5.41 Å². The van der Waals surface area contributed by atoms with Gasteiger partial charge in [-0.25, -0.2) is 0 Å². The van der Waals surface area contributed by atoms with E-state index < -0.39 is 5.41 Å². The van der Waals surface area contributed by atoms with Gasteiger partial charge in [0.1, 0.15) is 6.29 Å². The van der Waals surface area contributed by atoms with Gasteiger partial charge in [-0.1, -0.05) is 66.7 Å². The molecule has 0 aliphatic carbocycles. The van der Waals surface area contributed by atoms with Crippen LogP contribution in [0, 0.1) is 0 Å². The molecule has 0 aliphatic heterocycles. The van der Waals surface area contributed by atoms with E-state index in [2.05, 4.69) is 6.58 Å². The molecule has 0 bridgehead atoms. The smallest absolute Gasteiger partial charge is 0.131 e. The van der Waals surface area contributed by atoms with Crippen LogP contribution in [0.5, 0.6) is 0 Å². The molecule has 19 heavy (non-hydrogen) atoms. The maximum Gasteiger partial charge on any atom is 0.131 e. The van der Waals surface area contributed by atoms with Crippen molar-refractivity contribution in [2.24, 2.45) is 0 Å². The second kappa shape index (κ2) is 5.66. The van der Waals surface area contributed by atoms with Gasteiger partial charge in [-0.15, -0.1) is 6.58 Å². The van der Waals surface area contributed by atoms with E-state index >= 15 is 0 Å². The van der Waals surface area contributed by atoms with Crippen LogP contribution in [0.15, 0.2) is 73.3 Å². The normalized spacial score (nSPS) is 15.2. The molecule has 0 saturated heterocycles. The minimum absolute atomic E-state index is 0.0337. The zero-order valence-corrected chi connectivity index (χ0v) is 11.1. The first-order chi connectivity index (χ1) is 9.22. The van der Waals surface area contributed by atoms with Gasteiger partial charge in [0.2, 0.25) is 0 Å². The van der Waals surface area contributed by atoms with Crippen molar-refractivity contribution in [2.75, 3.05) is 0 Å². The van der Waals surface area contributed by atoms with E-state index in [1.807, 2.05) is 73.7 Å². The van der Waals surface area contributed by atoms with E-state index in [0.29, 0.717) is 0 Å². The molecule has 0 amide bonds. The lowest BCUT2D eigenvalue weighted by Gasteiger charge is -2.31. The molecular weight excluding hydrogens is 232 g/mol. The molecule has 2 aromatic carbocycles. The monoisotopic (exact) mass is 250 g/mol. The van der Waals surface area contributed by atoms with Crippen LogP contribution in [0.2, 0.25) is 0 Å². The number of benzene rings is 2.